The first-order valence-electron chi connectivity index (χ1n) is 6.59. The maximum atomic E-state index is 5.76. The number of halogens is 1. The van der Waals surface area contributed by atoms with E-state index >= 15 is 0 Å². The van der Waals surface area contributed by atoms with Gasteiger partial charge in [0.15, 0.2) is 0 Å². The maximum Gasteiger partial charge on any atom is 0.249 e. The lowest BCUT2D eigenvalue weighted by Gasteiger charge is -2.03. The van der Waals surface area contributed by atoms with Crippen molar-refractivity contribution in [1.82, 2.24) is 10.2 Å². The van der Waals surface area contributed by atoms with E-state index in [1.807, 2.05) is 55.5 Å². The second-order valence-electron chi connectivity index (χ2n) is 4.35. The van der Waals surface area contributed by atoms with E-state index in [2.05, 4.69) is 26.1 Å². The summed E-state index contributed by atoms with van der Waals surface area (Å²) in [4.78, 5) is 0. The molecule has 3 rings (SSSR count). The van der Waals surface area contributed by atoms with Crippen molar-refractivity contribution in [3.63, 3.8) is 0 Å². The molecule has 0 radical (unpaired) electrons. The zero-order valence-electron chi connectivity index (χ0n) is 11.4. The van der Waals surface area contributed by atoms with Gasteiger partial charge in [0.1, 0.15) is 5.75 Å². The van der Waals surface area contributed by atoms with Gasteiger partial charge in [0.2, 0.25) is 11.8 Å². The van der Waals surface area contributed by atoms with E-state index in [0.717, 1.165) is 21.3 Å². The summed E-state index contributed by atoms with van der Waals surface area (Å²) in [7, 11) is 0. The summed E-state index contributed by atoms with van der Waals surface area (Å²) in [6.07, 6.45) is 0. The molecular weight excluding hydrogens is 332 g/mol. The summed E-state index contributed by atoms with van der Waals surface area (Å²) in [5.41, 5.74) is 1.71. The molecule has 4 nitrogen and oxygen atoms in total. The van der Waals surface area contributed by atoms with Crippen molar-refractivity contribution in [2.24, 2.45) is 0 Å². The maximum absolute atomic E-state index is 5.76. The van der Waals surface area contributed by atoms with Gasteiger partial charge in [-0.1, -0.05) is 18.2 Å². The molecule has 0 bridgehead atoms. The average Bonchev–Trinajstić information content (AvgIpc) is 2.98. The molecule has 0 aliphatic carbocycles. The molecule has 106 valence electrons. The summed E-state index contributed by atoms with van der Waals surface area (Å²) in [6, 6.07) is 15.4. The quantitative estimate of drug-likeness (QED) is 0.695. The normalized spacial score (nSPS) is 10.6. The standard InChI is InChI=1S/C16H13BrN2O2/c1-2-20-12-7-5-6-11(10-12)15-18-19-16(21-15)13-8-3-4-9-14(13)17/h3-10H,2H2,1H3. The fraction of sp³-hybridized carbons (Fsp3) is 0.125. The molecule has 5 heteroatoms. The van der Waals surface area contributed by atoms with Crippen LogP contribution in [0.15, 0.2) is 57.4 Å². The molecule has 0 amide bonds. The lowest BCUT2D eigenvalue weighted by molar-refractivity contribution is 0.340. The molecule has 3 aromatic rings. The van der Waals surface area contributed by atoms with E-state index in [-0.39, 0.29) is 0 Å². The number of rotatable bonds is 4. The Hall–Kier alpha value is -2.14. The number of hydrogen-bond donors (Lipinski definition) is 0. The number of nitrogens with zero attached hydrogens (tertiary/aromatic N) is 2. The van der Waals surface area contributed by atoms with E-state index < -0.39 is 0 Å². The molecule has 1 aromatic heterocycles. The van der Waals surface area contributed by atoms with E-state index in [9.17, 15) is 0 Å². The minimum atomic E-state index is 0.474. The van der Waals surface area contributed by atoms with Gasteiger partial charge in [0.05, 0.1) is 12.2 Å². The minimum Gasteiger partial charge on any atom is -0.494 e. The number of hydrogen-bond acceptors (Lipinski definition) is 4. The number of ether oxygens (including phenoxy) is 1. The first-order valence-corrected chi connectivity index (χ1v) is 7.39. The second kappa shape index (κ2) is 6.10. The lowest BCUT2D eigenvalue weighted by atomic mass is 10.2. The molecule has 0 fully saturated rings. The van der Waals surface area contributed by atoms with Crippen molar-refractivity contribution >= 4 is 15.9 Å². The topological polar surface area (TPSA) is 48.2 Å². The van der Waals surface area contributed by atoms with Crippen LogP contribution in [0.2, 0.25) is 0 Å². The van der Waals surface area contributed by atoms with Gasteiger partial charge in [-0.15, -0.1) is 10.2 Å². The van der Waals surface area contributed by atoms with Crippen molar-refractivity contribution in [3.05, 3.63) is 53.0 Å². The highest BCUT2D eigenvalue weighted by molar-refractivity contribution is 9.10. The highest BCUT2D eigenvalue weighted by Gasteiger charge is 2.13. The van der Waals surface area contributed by atoms with Gasteiger partial charge >= 0.3 is 0 Å². The largest absolute Gasteiger partial charge is 0.494 e. The summed E-state index contributed by atoms with van der Waals surface area (Å²) >= 11 is 3.48. The van der Waals surface area contributed by atoms with Gasteiger partial charge in [-0.3, -0.25) is 0 Å². The van der Waals surface area contributed by atoms with Gasteiger partial charge in [-0.25, -0.2) is 0 Å². The molecule has 1 heterocycles. The van der Waals surface area contributed by atoms with E-state index in [1.54, 1.807) is 0 Å². The lowest BCUT2D eigenvalue weighted by Crippen LogP contribution is -1.91. The zero-order valence-corrected chi connectivity index (χ0v) is 13.0. The van der Waals surface area contributed by atoms with Crippen LogP contribution in [0, 0.1) is 0 Å². The van der Waals surface area contributed by atoms with Crippen LogP contribution in [0.3, 0.4) is 0 Å². The van der Waals surface area contributed by atoms with Crippen LogP contribution in [0.4, 0.5) is 0 Å². The highest BCUT2D eigenvalue weighted by Crippen LogP contribution is 2.30. The molecule has 0 atom stereocenters. The number of aromatic nitrogens is 2. The van der Waals surface area contributed by atoms with E-state index in [0.29, 0.717) is 18.4 Å². The zero-order chi connectivity index (χ0) is 14.7. The third kappa shape index (κ3) is 2.97. The fourth-order valence-corrected chi connectivity index (χ4v) is 2.42. The van der Waals surface area contributed by atoms with Gasteiger partial charge in [0, 0.05) is 10.0 Å². The van der Waals surface area contributed by atoms with Crippen LogP contribution in [0.25, 0.3) is 22.9 Å². The van der Waals surface area contributed by atoms with Crippen molar-refractivity contribution < 1.29 is 9.15 Å². The predicted molar refractivity (Wildman–Crippen MR) is 84.0 cm³/mol. The Bertz CT molecular complexity index is 755. The average molecular weight is 345 g/mol. The van der Waals surface area contributed by atoms with E-state index in [4.69, 9.17) is 9.15 Å². The van der Waals surface area contributed by atoms with Crippen LogP contribution in [-0.2, 0) is 0 Å². The van der Waals surface area contributed by atoms with Crippen LogP contribution >= 0.6 is 15.9 Å². The monoisotopic (exact) mass is 344 g/mol. The summed E-state index contributed by atoms with van der Waals surface area (Å²) in [5, 5.41) is 8.22. The molecular formula is C16H13BrN2O2. The Morgan fingerprint density at radius 2 is 1.86 bits per heavy atom. The minimum absolute atomic E-state index is 0.474. The molecule has 2 aromatic carbocycles. The first kappa shape index (κ1) is 13.8. The van der Waals surface area contributed by atoms with Gasteiger partial charge < -0.3 is 9.15 Å². The molecule has 0 unspecified atom stereocenters. The highest BCUT2D eigenvalue weighted by atomic mass is 79.9. The molecule has 0 aliphatic heterocycles. The Morgan fingerprint density at radius 1 is 1.05 bits per heavy atom. The second-order valence-corrected chi connectivity index (χ2v) is 5.21. The third-order valence-corrected chi connectivity index (χ3v) is 3.61. The number of benzene rings is 2. The molecule has 0 saturated heterocycles. The van der Waals surface area contributed by atoms with Crippen molar-refractivity contribution in [3.8, 4) is 28.7 Å². The van der Waals surface area contributed by atoms with Crippen molar-refractivity contribution in [2.75, 3.05) is 6.61 Å². The summed E-state index contributed by atoms with van der Waals surface area (Å²) in [5.74, 6) is 1.75. The van der Waals surface area contributed by atoms with Gasteiger partial charge in [0.25, 0.3) is 0 Å². The molecule has 0 N–H and O–H groups in total. The van der Waals surface area contributed by atoms with E-state index in [1.165, 1.54) is 0 Å². The molecule has 21 heavy (non-hydrogen) atoms. The Labute approximate surface area is 130 Å². The third-order valence-electron chi connectivity index (χ3n) is 2.92. The molecule has 0 saturated carbocycles. The SMILES string of the molecule is CCOc1cccc(-c2nnc(-c3ccccc3Br)o2)c1. The van der Waals surface area contributed by atoms with Crippen LogP contribution in [0.1, 0.15) is 6.92 Å². The summed E-state index contributed by atoms with van der Waals surface area (Å²) in [6.45, 7) is 2.57. The Morgan fingerprint density at radius 3 is 2.67 bits per heavy atom. The predicted octanol–water partition coefficient (Wildman–Crippen LogP) is 4.56. The van der Waals surface area contributed by atoms with Crippen LogP contribution in [0.5, 0.6) is 5.75 Å². The first-order chi connectivity index (χ1) is 10.3. The Kier molecular flexibility index (Phi) is 4.01. The van der Waals surface area contributed by atoms with Crippen molar-refractivity contribution in [2.45, 2.75) is 6.92 Å². The smallest absolute Gasteiger partial charge is 0.249 e. The molecule has 0 aliphatic rings. The summed E-state index contributed by atoms with van der Waals surface area (Å²) < 4.78 is 12.2. The van der Waals surface area contributed by atoms with Crippen LogP contribution < -0.4 is 4.74 Å². The van der Waals surface area contributed by atoms with Crippen LogP contribution in [-0.4, -0.2) is 16.8 Å². The van der Waals surface area contributed by atoms with Gasteiger partial charge in [-0.05, 0) is 53.2 Å². The Balaban J connectivity index is 1.95. The van der Waals surface area contributed by atoms with Crippen molar-refractivity contribution in [1.29, 1.82) is 0 Å². The van der Waals surface area contributed by atoms with Gasteiger partial charge in [-0.2, -0.15) is 0 Å². The molecule has 0 spiro atoms. The fourth-order valence-electron chi connectivity index (χ4n) is 1.97.